The van der Waals surface area contributed by atoms with Crippen LogP contribution in [0.5, 0.6) is 0 Å². The number of carbonyl (C=O) groups excluding carboxylic acids is 2. The van der Waals surface area contributed by atoms with Crippen LogP contribution in [0.3, 0.4) is 0 Å². The maximum Gasteiger partial charge on any atom is 0.321 e. The quantitative estimate of drug-likeness (QED) is 0.637. The highest BCUT2D eigenvalue weighted by molar-refractivity contribution is 7.12. The average Bonchev–Trinajstić information content (AvgIpc) is 3.09. The van der Waals surface area contributed by atoms with E-state index < -0.39 is 0 Å². The van der Waals surface area contributed by atoms with Crippen LogP contribution in [0, 0.1) is 13.8 Å². The zero-order chi connectivity index (χ0) is 21.1. The van der Waals surface area contributed by atoms with Crippen molar-refractivity contribution in [3.05, 3.63) is 64.0 Å². The Morgan fingerprint density at radius 3 is 2.77 bits per heavy atom. The van der Waals surface area contributed by atoms with Crippen molar-refractivity contribution in [3.63, 3.8) is 0 Å². The highest BCUT2D eigenvalue weighted by Crippen LogP contribution is 2.29. The predicted octanol–water partition coefficient (Wildman–Crippen LogP) is 4.53. The molecule has 4 rings (SSSR count). The SMILES string of the molecule is Cc1ccc(-c2nc(C)sc2CC(=O)Nc2cccc(N3CCCNC3=O)c2)cc1. The molecule has 1 saturated heterocycles. The summed E-state index contributed by atoms with van der Waals surface area (Å²) >= 11 is 1.55. The molecule has 7 heteroatoms. The first-order valence-corrected chi connectivity index (χ1v) is 10.8. The van der Waals surface area contributed by atoms with Gasteiger partial charge in [0.1, 0.15) is 0 Å². The summed E-state index contributed by atoms with van der Waals surface area (Å²) in [6.45, 7) is 5.37. The van der Waals surface area contributed by atoms with Crippen LogP contribution in [0.1, 0.15) is 21.9 Å². The van der Waals surface area contributed by atoms with Crippen LogP contribution in [-0.2, 0) is 11.2 Å². The van der Waals surface area contributed by atoms with Crippen molar-refractivity contribution in [1.29, 1.82) is 0 Å². The zero-order valence-corrected chi connectivity index (χ0v) is 17.9. The lowest BCUT2D eigenvalue weighted by molar-refractivity contribution is -0.115. The highest BCUT2D eigenvalue weighted by Gasteiger charge is 2.20. The number of amides is 3. The fourth-order valence-corrected chi connectivity index (χ4v) is 4.46. The lowest BCUT2D eigenvalue weighted by Gasteiger charge is -2.27. The summed E-state index contributed by atoms with van der Waals surface area (Å²) in [7, 11) is 0. The number of nitrogens with one attached hydrogen (secondary N) is 2. The molecule has 2 aromatic carbocycles. The van der Waals surface area contributed by atoms with E-state index in [0.717, 1.165) is 33.3 Å². The number of urea groups is 1. The number of hydrogen-bond donors (Lipinski definition) is 2. The molecule has 2 heterocycles. The van der Waals surface area contributed by atoms with Gasteiger partial charge in [-0.1, -0.05) is 35.9 Å². The first kappa shape index (κ1) is 20.1. The van der Waals surface area contributed by atoms with Gasteiger partial charge in [-0.05, 0) is 38.5 Å². The van der Waals surface area contributed by atoms with Crippen molar-refractivity contribution in [2.75, 3.05) is 23.3 Å². The molecule has 0 unspecified atom stereocenters. The zero-order valence-electron chi connectivity index (χ0n) is 17.1. The smallest absolute Gasteiger partial charge is 0.321 e. The fraction of sp³-hybridized carbons (Fsp3) is 0.261. The largest absolute Gasteiger partial charge is 0.338 e. The van der Waals surface area contributed by atoms with E-state index in [1.807, 2.05) is 50.2 Å². The molecule has 2 N–H and O–H groups in total. The minimum Gasteiger partial charge on any atom is -0.338 e. The second-order valence-electron chi connectivity index (χ2n) is 7.38. The summed E-state index contributed by atoms with van der Waals surface area (Å²) in [6, 6.07) is 15.5. The predicted molar refractivity (Wildman–Crippen MR) is 121 cm³/mol. The van der Waals surface area contributed by atoms with Crippen LogP contribution < -0.4 is 15.5 Å². The Hall–Kier alpha value is -3.19. The Morgan fingerprint density at radius 2 is 2.00 bits per heavy atom. The Morgan fingerprint density at radius 1 is 1.20 bits per heavy atom. The molecule has 0 radical (unpaired) electrons. The number of aryl methyl sites for hydroxylation is 2. The van der Waals surface area contributed by atoms with Crippen LogP contribution in [0.25, 0.3) is 11.3 Å². The van der Waals surface area contributed by atoms with Crippen LogP contribution in [0.15, 0.2) is 48.5 Å². The average molecular weight is 421 g/mol. The molecule has 3 aromatic rings. The molecule has 0 saturated carbocycles. The molecule has 30 heavy (non-hydrogen) atoms. The van der Waals surface area contributed by atoms with Gasteiger partial charge in [-0.3, -0.25) is 9.69 Å². The molecule has 0 bridgehead atoms. The molecule has 1 aromatic heterocycles. The summed E-state index contributed by atoms with van der Waals surface area (Å²) in [5, 5.41) is 6.75. The van der Waals surface area contributed by atoms with Gasteiger partial charge in [-0.25, -0.2) is 9.78 Å². The Balaban J connectivity index is 1.49. The van der Waals surface area contributed by atoms with Gasteiger partial charge in [0.15, 0.2) is 0 Å². The minimum absolute atomic E-state index is 0.104. The molecule has 0 atom stereocenters. The number of aromatic nitrogens is 1. The maximum atomic E-state index is 12.8. The number of nitrogens with zero attached hydrogens (tertiary/aromatic N) is 2. The summed E-state index contributed by atoms with van der Waals surface area (Å²) in [5.41, 5.74) is 4.53. The van der Waals surface area contributed by atoms with Crippen molar-refractivity contribution in [3.8, 4) is 11.3 Å². The van der Waals surface area contributed by atoms with Crippen LogP contribution in [0.4, 0.5) is 16.2 Å². The fourth-order valence-electron chi connectivity index (χ4n) is 3.50. The van der Waals surface area contributed by atoms with Crippen LogP contribution in [0.2, 0.25) is 0 Å². The number of rotatable bonds is 5. The molecule has 0 spiro atoms. The lowest BCUT2D eigenvalue weighted by Crippen LogP contribution is -2.46. The van der Waals surface area contributed by atoms with Gasteiger partial charge in [0.25, 0.3) is 0 Å². The maximum absolute atomic E-state index is 12.8. The van der Waals surface area contributed by atoms with E-state index in [1.54, 1.807) is 16.2 Å². The minimum atomic E-state index is -0.104. The van der Waals surface area contributed by atoms with E-state index in [9.17, 15) is 9.59 Å². The van der Waals surface area contributed by atoms with E-state index >= 15 is 0 Å². The number of hydrogen-bond acceptors (Lipinski definition) is 4. The standard InChI is InChI=1S/C23H24N4O2S/c1-15-7-9-17(10-8-15)22-20(30-16(2)25-22)14-21(28)26-18-5-3-6-19(13-18)27-12-4-11-24-23(27)29/h3,5-10,13H,4,11-12,14H2,1-2H3,(H,24,29)(H,26,28). The van der Waals surface area contributed by atoms with Gasteiger partial charge in [0.2, 0.25) is 5.91 Å². The third kappa shape index (κ3) is 4.52. The Labute approximate surface area is 180 Å². The number of anilines is 2. The van der Waals surface area contributed by atoms with Crippen molar-refractivity contribution < 1.29 is 9.59 Å². The van der Waals surface area contributed by atoms with Gasteiger partial charge in [-0.2, -0.15) is 0 Å². The molecule has 1 fully saturated rings. The monoisotopic (exact) mass is 420 g/mol. The second kappa shape index (κ2) is 8.67. The number of benzene rings is 2. The van der Waals surface area contributed by atoms with Crippen LogP contribution in [-0.4, -0.2) is 30.0 Å². The van der Waals surface area contributed by atoms with E-state index in [1.165, 1.54) is 5.56 Å². The van der Waals surface area contributed by atoms with Crippen molar-refractivity contribution >= 4 is 34.6 Å². The third-order valence-electron chi connectivity index (χ3n) is 4.97. The summed E-state index contributed by atoms with van der Waals surface area (Å²) in [4.78, 5) is 32.1. The molecule has 1 aliphatic heterocycles. The van der Waals surface area contributed by atoms with Gasteiger partial charge in [-0.15, -0.1) is 11.3 Å². The first-order valence-electron chi connectivity index (χ1n) is 9.98. The normalized spacial score (nSPS) is 13.8. The second-order valence-corrected chi connectivity index (χ2v) is 8.67. The molecular weight excluding hydrogens is 396 g/mol. The Bertz CT molecular complexity index is 1080. The van der Waals surface area contributed by atoms with Crippen LogP contribution >= 0.6 is 11.3 Å². The third-order valence-corrected chi connectivity index (χ3v) is 5.94. The molecule has 1 aliphatic rings. The van der Waals surface area contributed by atoms with Gasteiger partial charge in [0, 0.05) is 34.9 Å². The van der Waals surface area contributed by atoms with Crippen molar-refractivity contribution in [2.45, 2.75) is 26.7 Å². The van der Waals surface area contributed by atoms with E-state index in [4.69, 9.17) is 0 Å². The summed E-state index contributed by atoms with van der Waals surface area (Å²) < 4.78 is 0. The number of thiazole rings is 1. The first-order chi connectivity index (χ1) is 14.5. The molecule has 6 nitrogen and oxygen atoms in total. The molecule has 3 amide bonds. The lowest BCUT2D eigenvalue weighted by atomic mass is 10.1. The van der Waals surface area contributed by atoms with Gasteiger partial charge >= 0.3 is 6.03 Å². The number of carbonyl (C=O) groups is 2. The summed E-state index contributed by atoms with van der Waals surface area (Å²) in [5.74, 6) is -0.104. The van der Waals surface area contributed by atoms with Crippen molar-refractivity contribution in [2.24, 2.45) is 0 Å². The Kier molecular flexibility index (Phi) is 5.81. The molecule has 0 aliphatic carbocycles. The van der Waals surface area contributed by atoms with Gasteiger partial charge in [0.05, 0.1) is 17.1 Å². The molecular formula is C23H24N4O2S. The topological polar surface area (TPSA) is 74.3 Å². The van der Waals surface area contributed by atoms with E-state index in [2.05, 4.69) is 27.8 Å². The van der Waals surface area contributed by atoms with Crippen molar-refractivity contribution in [1.82, 2.24) is 10.3 Å². The van der Waals surface area contributed by atoms with Gasteiger partial charge < -0.3 is 10.6 Å². The van der Waals surface area contributed by atoms with E-state index in [-0.39, 0.29) is 18.4 Å². The van der Waals surface area contributed by atoms with E-state index in [0.29, 0.717) is 18.8 Å². The molecule has 154 valence electrons. The highest BCUT2D eigenvalue weighted by atomic mass is 32.1. The summed E-state index contributed by atoms with van der Waals surface area (Å²) in [6.07, 6.45) is 1.15.